The fraction of sp³-hybridized carbons (Fsp3) is 0.500. The number of aromatic nitrogens is 2. The highest BCUT2D eigenvalue weighted by Crippen LogP contribution is 2.19. The predicted octanol–water partition coefficient (Wildman–Crippen LogP) is 1.91. The number of halogens is 2. The third-order valence-electron chi connectivity index (χ3n) is 5.05. The molecule has 2 fully saturated rings. The molecule has 1 atom stereocenters. The fourth-order valence-corrected chi connectivity index (χ4v) is 3.74. The molecular formula is C18H25ClFN5. The molecule has 7 heteroatoms. The zero-order valence-corrected chi connectivity index (χ0v) is 15.1. The van der Waals surface area contributed by atoms with Crippen LogP contribution in [0.1, 0.15) is 12.0 Å². The van der Waals surface area contributed by atoms with Crippen molar-refractivity contribution in [3.63, 3.8) is 0 Å². The summed E-state index contributed by atoms with van der Waals surface area (Å²) >= 11 is 0. The first-order valence-corrected chi connectivity index (χ1v) is 8.74. The van der Waals surface area contributed by atoms with Gasteiger partial charge in [0.2, 0.25) is 0 Å². The van der Waals surface area contributed by atoms with Crippen molar-refractivity contribution in [3.8, 4) is 5.69 Å². The fourth-order valence-electron chi connectivity index (χ4n) is 3.74. The van der Waals surface area contributed by atoms with Gasteiger partial charge >= 0.3 is 0 Å². The van der Waals surface area contributed by atoms with Crippen LogP contribution in [0.2, 0.25) is 0 Å². The lowest BCUT2D eigenvalue weighted by atomic mass is 10.2. The maximum Gasteiger partial charge on any atom is 0.123 e. The van der Waals surface area contributed by atoms with Crippen molar-refractivity contribution in [2.24, 2.45) is 0 Å². The molecule has 1 aromatic heterocycles. The molecular weight excluding hydrogens is 341 g/mol. The Morgan fingerprint density at radius 1 is 1.12 bits per heavy atom. The summed E-state index contributed by atoms with van der Waals surface area (Å²) in [5.41, 5.74) is 2.10. The summed E-state index contributed by atoms with van der Waals surface area (Å²) in [6, 6.07) is 7.13. The molecule has 1 aromatic carbocycles. The summed E-state index contributed by atoms with van der Waals surface area (Å²) in [6.45, 7) is 7.78. The third kappa shape index (κ3) is 4.39. The Balaban J connectivity index is 0.00000182. The van der Waals surface area contributed by atoms with Crippen LogP contribution >= 0.6 is 12.4 Å². The molecule has 2 aromatic rings. The zero-order valence-electron chi connectivity index (χ0n) is 14.3. The van der Waals surface area contributed by atoms with Gasteiger partial charge in [0.15, 0.2) is 0 Å². The van der Waals surface area contributed by atoms with E-state index in [1.807, 2.05) is 17.1 Å². The topological polar surface area (TPSA) is 36.3 Å². The third-order valence-corrected chi connectivity index (χ3v) is 5.05. The number of piperazine rings is 1. The van der Waals surface area contributed by atoms with E-state index < -0.39 is 0 Å². The van der Waals surface area contributed by atoms with Gasteiger partial charge in [-0.15, -0.1) is 12.4 Å². The standard InChI is InChI=1S/C18H24FN5.ClH/c19-16-1-3-17(4-2-16)24-13-15(11-21-24)12-22-8-5-18(14-22)23-9-6-20-7-10-23;/h1-4,11,13,18,20H,5-10,12,14H2;1H. The van der Waals surface area contributed by atoms with E-state index in [9.17, 15) is 4.39 Å². The van der Waals surface area contributed by atoms with Crippen molar-refractivity contribution in [3.05, 3.63) is 48.0 Å². The lowest BCUT2D eigenvalue weighted by Gasteiger charge is -2.32. The van der Waals surface area contributed by atoms with Crippen LogP contribution < -0.4 is 5.32 Å². The van der Waals surface area contributed by atoms with E-state index in [2.05, 4.69) is 20.2 Å². The minimum Gasteiger partial charge on any atom is -0.314 e. The minimum absolute atomic E-state index is 0. The molecule has 0 spiro atoms. The lowest BCUT2D eigenvalue weighted by Crippen LogP contribution is -2.49. The summed E-state index contributed by atoms with van der Waals surface area (Å²) in [5.74, 6) is -0.220. The Morgan fingerprint density at radius 2 is 1.88 bits per heavy atom. The minimum atomic E-state index is -0.220. The van der Waals surface area contributed by atoms with Gasteiger partial charge in [0.25, 0.3) is 0 Å². The average Bonchev–Trinajstić information content (AvgIpc) is 3.27. The molecule has 0 radical (unpaired) electrons. The molecule has 2 aliphatic heterocycles. The molecule has 1 unspecified atom stereocenters. The van der Waals surface area contributed by atoms with Crippen molar-refractivity contribution in [1.29, 1.82) is 0 Å². The van der Waals surface area contributed by atoms with Gasteiger partial charge in [-0.2, -0.15) is 5.10 Å². The summed E-state index contributed by atoms with van der Waals surface area (Å²) in [4.78, 5) is 5.14. The number of likely N-dealkylation sites (tertiary alicyclic amines) is 1. The average molecular weight is 366 g/mol. The Morgan fingerprint density at radius 3 is 2.64 bits per heavy atom. The molecule has 2 aliphatic rings. The summed E-state index contributed by atoms with van der Waals surface area (Å²) < 4.78 is 14.8. The maximum atomic E-state index is 13.0. The molecule has 0 aliphatic carbocycles. The molecule has 3 heterocycles. The number of rotatable bonds is 4. The number of nitrogens with one attached hydrogen (secondary N) is 1. The highest BCUT2D eigenvalue weighted by molar-refractivity contribution is 5.85. The zero-order chi connectivity index (χ0) is 16.4. The van der Waals surface area contributed by atoms with Crippen molar-refractivity contribution in [1.82, 2.24) is 24.9 Å². The van der Waals surface area contributed by atoms with Gasteiger partial charge in [0.05, 0.1) is 11.9 Å². The van der Waals surface area contributed by atoms with E-state index in [1.54, 1.807) is 12.1 Å². The monoisotopic (exact) mass is 365 g/mol. The summed E-state index contributed by atoms with van der Waals surface area (Å²) in [6.07, 6.45) is 5.22. The van der Waals surface area contributed by atoms with Gasteiger partial charge in [0, 0.05) is 63.6 Å². The number of nitrogens with zero attached hydrogens (tertiary/aromatic N) is 4. The van der Waals surface area contributed by atoms with Crippen molar-refractivity contribution in [2.75, 3.05) is 39.3 Å². The second-order valence-corrected chi connectivity index (χ2v) is 6.73. The smallest absolute Gasteiger partial charge is 0.123 e. The van der Waals surface area contributed by atoms with Gasteiger partial charge in [-0.05, 0) is 30.7 Å². The van der Waals surface area contributed by atoms with Crippen LogP contribution in [-0.2, 0) is 6.54 Å². The van der Waals surface area contributed by atoms with Crippen LogP contribution in [0, 0.1) is 5.82 Å². The number of hydrogen-bond acceptors (Lipinski definition) is 4. The first-order chi connectivity index (χ1) is 11.8. The largest absolute Gasteiger partial charge is 0.314 e. The molecule has 136 valence electrons. The first-order valence-electron chi connectivity index (χ1n) is 8.74. The Kier molecular flexibility index (Phi) is 6.06. The van der Waals surface area contributed by atoms with Crippen LogP contribution in [0.4, 0.5) is 4.39 Å². The molecule has 5 nitrogen and oxygen atoms in total. The van der Waals surface area contributed by atoms with Gasteiger partial charge in [-0.25, -0.2) is 9.07 Å². The highest BCUT2D eigenvalue weighted by Gasteiger charge is 2.28. The summed E-state index contributed by atoms with van der Waals surface area (Å²) in [5, 5.41) is 7.84. The van der Waals surface area contributed by atoms with E-state index in [4.69, 9.17) is 0 Å². The van der Waals surface area contributed by atoms with Crippen molar-refractivity contribution >= 4 is 12.4 Å². The van der Waals surface area contributed by atoms with Crippen molar-refractivity contribution < 1.29 is 4.39 Å². The quantitative estimate of drug-likeness (QED) is 0.898. The van der Waals surface area contributed by atoms with Crippen LogP contribution in [-0.4, -0.2) is 64.9 Å². The molecule has 0 bridgehead atoms. The van der Waals surface area contributed by atoms with E-state index in [0.29, 0.717) is 6.04 Å². The highest BCUT2D eigenvalue weighted by atomic mass is 35.5. The van der Waals surface area contributed by atoms with E-state index in [1.165, 1.54) is 37.2 Å². The van der Waals surface area contributed by atoms with Gasteiger partial charge in [-0.3, -0.25) is 9.80 Å². The molecule has 0 amide bonds. The predicted molar refractivity (Wildman–Crippen MR) is 98.9 cm³/mol. The van der Waals surface area contributed by atoms with Crippen molar-refractivity contribution in [2.45, 2.75) is 19.0 Å². The first kappa shape index (κ1) is 18.3. The van der Waals surface area contributed by atoms with Gasteiger partial charge in [0.1, 0.15) is 5.82 Å². The number of hydrogen-bond donors (Lipinski definition) is 1. The van der Waals surface area contributed by atoms with E-state index in [0.717, 1.165) is 38.4 Å². The molecule has 0 saturated carbocycles. The van der Waals surface area contributed by atoms with Gasteiger partial charge in [-0.1, -0.05) is 0 Å². The molecule has 1 N–H and O–H groups in total. The number of benzene rings is 1. The van der Waals surface area contributed by atoms with Crippen LogP contribution in [0.3, 0.4) is 0 Å². The maximum absolute atomic E-state index is 13.0. The Labute approximate surface area is 154 Å². The van der Waals surface area contributed by atoms with E-state index >= 15 is 0 Å². The van der Waals surface area contributed by atoms with Gasteiger partial charge < -0.3 is 5.32 Å². The Bertz CT molecular complexity index is 668. The summed E-state index contributed by atoms with van der Waals surface area (Å²) in [7, 11) is 0. The molecule has 25 heavy (non-hydrogen) atoms. The van der Waals surface area contributed by atoms with Crippen LogP contribution in [0.5, 0.6) is 0 Å². The second-order valence-electron chi connectivity index (χ2n) is 6.73. The normalized spacial score (nSPS) is 22.0. The van der Waals surface area contributed by atoms with Crippen LogP contribution in [0.25, 0.3) is 5.69 Å². The SMILES string of the molecule is Cl.Fc1ccc(-n2cc(CN3CCC(N4CCNCC4)C3)cn2)cc1. The second kappa shape index (κ2) is 8.27. The van der Waals surface area contributed by atoms with E-state index in [-0.39, 0.29) is 18.2 Å². The Hall–Kier alpha value is -1.47. The molecule has 2 saturated heterocycles. The lowest BCUT2D eigenvalue weighted by molar-refractivity contribution is 0.170. The van der Waals surface area contributed by atoms with Crippen LogP contribution in [0.15, 0.2) is 36.7 Å². The molecule has 4 rings (SSSR count).